The van der Waals surface area contributed by atoms with E-state index in [4.69, 9.17) is 5.26 Å². The molecule has 0 aromatic carbocycles. The molecular formula is C16H15N7. The summed E-state index contributed by atoms with van der Waals surface area (Å²) in [5, 5.41) is 13.3. The summed E-state index contributed by atoms with van der Waals surface area (Å²) >= 11 is 0. The fraction of sp³-hybridized carbons (Fsp3) is 0.250. The normalized spacial score (nSPS) is 17.3. The Balaban J connectivity index is 1.48. The Morgan fingerprint density at radius 2 is 2.22 bits per heavy atom. The molecule has 0 amide bonds. The molecule has 7 nitrogen and oxygen atoms in total. The zero-order valence-electron chi connectivity index (χ0n) is 12.4. The lowest BCUT2D eigenvalue weighted by atomic mass is 10.2. The Morgan fingerprint density at radius 3 is 3.04 bits per heavy atom. The number of hydrogen-bond donors (Lipinski definition) is 2. The van der Waals surface area contributed by atoms with E-state index in [1.165, 1.54) is 0 Å². The summed E-state index contributed by atoms with van der Waals surface area (Å²) in [6.45, 7) is 1.80. The number of aromatic amines is 1. The third-order valence-corrected chi connectivity index (χ3v) is 4.07. The van der Waals surface area contributed by atoms with Crippen LogP contribution in [-0.4, -0.2) is 39.1 Å². The number of fused-ring (bicyclic) bond motifs is 1. The van der Waals surface area contributed by atoms with Crippen molar-refractivity contribution in [3.05, 3.63) is 42.5 Å². The van der Waals surface area contributed by atoms with Crippen molar-refractivity contribution in [3.63, 3.8) is 0 Å². The van der Waals surface area contributed by atoms with Crippen molar-refractivity contribution in [1.82, 2.24) is 19.9 Å². The highest BCUT2D eigenvalue weighted by Gasteiger charge is 2.25. The molecule has 114 valence electrons. The van der Waals surface area contributed by atoms with Gasteiger partial charge < -0.3 is 15.2 Å². The molecule has 1 unspecified atom stereocenters. The number of hydrogen-bond acceptors (Lipinski definition) is 6. The lowest BCUT2D eigenvalue weighted by Crippen LogP contribution is -2.27. The van der Waals surface area contributed by atoms with E-state index in [0.29, 0.717) is 11.6 Å². The van der Waals surface area contributed by atoms with Crippen molar-refractivity contribution in [1.29, 1.82) is 5.26 Å². The molecule has 4 rings (SSSR count). The molecule has 7 heteroatoms. The zero-order valence-corrected chi connectivity index (χ0v) is 12.4. The third-order valence-electron chi connectivity index (χ3n) is 4.07. The topological polar surface area (TPSA) is 93.5 Å². The molecule has 1 saturated heterocycles. The van der Waals surface area contributed by atoms with Gasteiger partial charge in [-0.1, -0.05) is 0 Å². The fourth-order valence-electron chi connectivity index (χ4n) is 2.94. The quantitative estimate of drug-likeness (QED) is 0.768. The Kier molecular flexibility index (Phi) is 3.27. The fourth-order valence-corrected chi connectivity index (χ4v) is 2.94. The number of anilines is 2. The SMILES string of the molecule is N#Cc1ccc(NC2CCN(c3ncnc4[nH]ccc34)C2)nc1. The van der Waals surface area contributed by atoms with Gasteiger partial charge in [-0.2, -0.15) is 5.26 Å². The van der Waals surface area contributed by atoms with Gasteiger partial charge in [-0.05, 0) is 24.6 Å². The lowest BCUT2D eigenvalue weighted by Gasteiger charge is -2.18. The van der Waals surface area contributed by atoms with Crippen molar-refractivity contribution in [2.75, 3.05) is 23.3 Å². The lowest BCUT2D eigenvalue weighted by molar-refractivity contribution is 0.800. The molecule has 1 atom stereocenters. The standard InChI is InChI=1S/C16H15N7/c17-7-11-1-2-14(19-8-11)22-12-4-6-23(9-12)16-13-3-5-18-15(13)20-10-21-16/h1-3,5,8,10,12H,4,6,9H2,(H,19,22)(H,18,20,21). The van der Waals surface area contributed by atoms with Crippen molar-refractivity contribution in [2.45, 2.75) is 12.5 Å². The summed E-state index contributed by atoms with van der Waals surface area (Å²) in [4.78, 5) is 18.3. The first-order chi connectivity index (χ1) is 11.3. The van der Waals surface area contributed by atoms with Gasteiger partial charge in [-0.25, -0.2) is 15.0 Å². The molecule has 2 N–H and O–H groups in total. The number of nitrogens with one attached hydrogen (secondary N) is 2. The largest absolute Gasteiger partial charge is 0.365 e. The van der Waals surface area contributed by atoms with Gasteiger partial charge in [-0.15, -0.1) is 0 Å². The first-order valence-electron chi connectivity index (χ1n) is 7.49. The molecule has 3 aromatic rings. The highest BCUT2D eigenvalue weighted by Crippen LogP contribution is 2.26. The molecular weight excluding hydrogens is 290 g/mol. The van der Waals surface area contributed by atoms with Gasteiger partial charge in [0.05, 0.1) is 10.9 Å². The van der Waals surface area contributed by atoms with E-state index in [9.17, 15) is 0 Å². The second-order valence-corrected chi connectivity index (χ2v) is 5.56. The van der Waals surface area contributed by atoms with E-state index >= 15 is 0 Å². The average Bonchev–Trinajstić information content (AvgIpc) is 3.24. The maximum Gasteiger partial charge on any atom is 0.142 e. The third kappa shape index (κ3) is 2.55. The van der Waals surface area contributed by atoms with Crippen molar-refractivity contribution >= 4 is 22.7 Å². The number of H-pyrrole nitrogens is 1. The summed E-state index contributed by atoms with van der Waals surface area (Å²) in [5.41, 5.74) is 1.43. The number of nitrogens with zero attached hydrogens (tertiary/aromatic N) is 5. The Bertz CT molecular complexity index is 862. The summed E-state index contributed by atoms with van der Waals surface area (Å²) in [5.74, 6) is 1.76. The molecule has 1 fully saturated rings. The molecule has 0 saturated carbocycles. The van der Waals surface area contributed by atoms with Crippen LogP contribution in [0.2, 0.25) is 0 Å². The van der Waals surface area contributed by atoms with E-state index in [2.05, 4.69) is 36.2 Å². The summed E-state index contributed by atoms with van der Waals surface area (Å²) in [6, 6.07) is 8.00. The second-order valence-electron chi connectivity index (χ2n) is 5.56. The number of pyridine rings is 1. The van der Waals surface area contributed by atoms with Gasteiger partial charge in [0.1, 0.15) is 29.7 Å². The molecule has 0 radical (unpaired) electrons. The van der Waals surface area contributed by atoms with Gasteiger partial charge in [0.25, 0.3) is 0 Å². The zero-order chi connectivity index (χ0) is 15.6. The predicted molar refractivity (Wildman–Crippen MR) is 87.1 cm³/mol. The van der Waals surface area contributed by atoms with Gasteiger partial charge in [0.2, 0.25) is 0 Å². The van der Waals surface area contributed by atoms with Crippen molar-refractivity contribution in [2.24, 2.45) is 0 Å². The first kappa shape index (κ1) is 13.5. The van der Waals surface area contributed by atoms with Crippen LogP contribution in [0.1, 0.15) is 12.0 Å². The monoisotopic (exact) mass is 305 g/mol. The summed E-state index contributed by atoms with van der Waals surface area (Å²) in [6.07, 6.45) is 6.08. The Morgan fingerprint density at radius 1 is 1.26 bits per heavy atom. The van der Waals surface area contributed by atoms with Gasteiger partial charge in [0, 0.05) is 31.5 Å². The van der Waals surface area contributed by atoms with Crippen LogP contribution in [0, 0.1) is 11.3 Å². The molecule has 1 aliphatic rings. The highest BCUT2D eigenvalue weighted by atomic mass is 15.2. The van der Waals surface area contributed by atoms with Crippen molar-refractivity contribution < 1.29 is 0 Å². The average molecular weight is 305 g/mol. The van der Waals surface area contributed by atoms with Crippen LogP contribution in [0.5, 0.6) is 0 Å². The first-order valence-corrected chi connectivity index (χ1v) is 7.49. The highest BCUT2D eigenvalue weighted by molar-refractivity contribution is 5.87. The molecule has 23 heavy (non-hydrogen) atoms. The van der Waals surface area contributed by atoms with Gasteiger partial charge in [0.15, 0.2) is 0 Å². The maximum atomic E-state index is 8.81. The van der Waals surface area contributed by atoms with Crippen LogP contribution in [0.3, 0.4) is 0 Å². The molecule has 0 aliphatic carbocycles. The van der Waals surface area contributed by atoms with Gasteiger partial charge in [-0.3, -0.25) is 0 Å². The molecule has 0 bridgehead atoms. The number of nitriles is 1. The summed E-state index contributed by atoms with van der Waals surface area (Å²) < 4.78 is 0. The van der Waals surface area contributed by atoms with Crippen LogP contribution in [0.25, 0.3) is 11.0 Å². The van der Waals surface area contributed by atoms with Crippen LogP contribution < -0.4 is 10.2 Å². The molecule has 3 aromatic heterocycles. The summed E-state index contributed by atoms with van der Waals surface area (Å²) in [7, 11) is 0. The van der Waals surface area contributed by atoms with E-state index in [1.807, 2.05) is 18.3 Å². The van der Waals surface area contributed by atoms with E-state index in [1.54, 1.807) is 18.6 Å². The predicted octanol–water partition coefficient (Wildman–Crippen LogP) is 1.92. The minimum absolute atomic E-state index is 0.305. The van der Waals surface area contributed by atoms with E-state index < -0.39 is 0 Å². The Hall–Kier alpha value is -3.14. The van der Waals surface area contributed by atoms with Crippen molar-refractivity contribution in [3.8, 4) is 6.07 Å². The van der Waals surface area contributed by atoms with E-state index in [-0.39, 0.29) is 0 Å². The molecule has 4 heterocycles. The minimum atomic E-state index is 0.305. The molecule has 1 aliphatic heterocycles. The number of rotatable bonds is 3. The maximum absolute atomic E-state index is 8.81. The van der Waals surface area contributed by atoms with Crippen LogP contribution >= 0.6 is 0 Å². The minimum Gasteiger partial charge on any atom is -0.365 e. The second kappa shape index (κ2) is 5.57. The number of aromatic nitrogens is 4. The van der Waals surface area contributed by atoms with Crippen LogP contribution in [0.4, 0.5) is 11.6 Å². The van der Waals surface area contributed by atoms with Gasteiger partial charge >= 0.3 is 0 Å². The molecule has 0 spiro atoms. The van der Waals surface area contributed by atoms with Crippen LogP contribution in [0.15, 0.2) is 36.9 Å². The smallest absolute Gasteiger partial charge is 0.142 e. The van der Waals surface area contributed by atoms with Crippen LogP contribution in [-0.2, 0) is 0 Å². The van der Waals surface area contributed by atoms with E-state index in [0.717, 1.165) is 42.2 Å². The Labute approximate surface area is 133 Å².